The van der Waals surface area contributed by atoms with Gasteiger partial charge in [0.05, 0.1) is 32.0 Å². The van der Waals surface area contributed by atoms with Crippen LogP contribution in [0.4, 0.5) is 0 Å². The van der Waals surface area contributed by atoms with Crippen molar-refractivity contribution in [2.45, 2.75) is 12.5 Å². The molecule has 1 aliphatic rings. The van der Waals surface area contributed by atoms with Crippen molar-refractivity contribution in [2.24, 2.45) is 5.16 Å². The largest absolute Gasteiger partial charge is 0.496 e. The quantitative estimate of drug-likeness (QED) is 0.584. The molecule has 0 aliphatic carbocycles. The molecule has 1 amide bonds. The SMILES string of the molecule is CON=C1C[C@@H](C(=O)OC)N(C(=O)c2ccc(Br)cc2OC)C1. The molecule has 23 heavy (non-hydrogen) atoms. The first-order valence-corrected chi connectivity index (χ1v) is 7.62. The standard InChI is InChI=1S/C15H17BrN2O5/c1-21-13-6-9(16)4-5-11(13)14(19)18-8-10(17-23-3)7-12(18)15(20)22-2/h4-6,12H,7-8H2,1-3H3/t12-/m0/s1. The highest BCUT2D eigenvalue weighted by atomic mass is 79.9. The van der Waals surface area contributed by atoms with E-state index >= 15 is 0 Å². The van der Waals surface area contributed by atoms with Crippen LogP contribution in [0.2, 0.25) is 0 Å². The van der Waals surface area contributed by atoms with Gasteiger partial charge in [-0.15, -0.1) is 0 Å². The zero-order chi connectivity index (χ0) is 17.0. The molecule has 8 heteroatoms. The average Bonchev–Trinajstić information content (AvgIpc) is 2.97. The normalized spacial score (nSPS) is 18.9. The van der Waals surface area contributed by atoms with Crippen molar-refractivity contribution in [3.05, 3.63) is 28.2 Å². The summed E-state index contributed by atoms with van der Waals surface area (Å²) in [6.07, 6.45) is 0.283. The number of carbonyl (C=O) groups excluding carboxylic acids is 2. The van der Waals surface area contributed by atoms with Gasteiger partial charge < -0.3 is 19.2 Å². The van der Waals surface area contributed by atoms with Gasteiger partial charge in [0, 0.05) is 10.9 Å². The number of hydrogen-bond donors (Lipinski definition) is 0. The summed E-state index contributed by atoms with van der Waals surface area (Å²) in [6, 6.07) is 4.35. The summed E-state index contributed by atoms with van der Waals surface area (Å²) < 4.78 is 10.8. The molecule has 0 saturated carbocycles. The Morgan fingerprint density at radius 3 is 2.65 bits per heavy atom. The van der Waals surface area contributed by atoms with E-state index in [1.165, 1.54) is 26.2 Å². The lowest BCUT2D eigenvalue weighted by atomic mass is 10.1. The molecule has 1 aromatic rings. The van der Waals surface area contributed by atoms with Crippen LogP contribution in [0.15, 0.2) is 27.8 Å². The summed E-state index contributed by atoms with van der Waals surface area (Å²) >= 11 is 3.33. The van der Waals surface area contributed by atoms with Crippen LogP contribution >= 0.6 is 15.9 Å². The van der Waals surface area contributed by atoms with Crippen LogP contribution in [-0.4, -0.2) is 56.4 Å². The molecular formula is C15H17BrN2O5. The van der Waals surface area contributed by atoms with Crippen molar-refractivity contribution in [1.82, 2.24) is 4.90 Å². The first kappa shape index (κ1) is 17.3. The topological polar surface area (TPSA) is 77.4 Å². The lowest BCUT2D eigenvalue weighted by molar-refractivity contribution is -0.145. The predicted molar refractivity (Wildman–Crippen MR) is 86.6 cm³/mol. The molecule has 124 valence electrons. The third-order valence-corrected chi connectivity index (χ3v) is 4.00. The fourth-order valence-corrected chi connectivity index (χ4v) is 2.80. The summed E-state index contributed by atoms with van der Waals surface area (Å²) in [5.74, 6) is -0.396. The van der Waals surface area contributed by atoms with E-state index in [0.29, 0.717) is 17.0 Å². The van der Waals surface area contributed by atoms with Crippen LogP contribution in [0.25, 0.3) is 0 Å². The number of oxime groups is 1. The fourth-order valence-electron chi connectivity index (χ4n) is 2.46. The lowest BCUT2D eigenvalue weighted by Crippen LogP contribution is -2.41. The molecule has 1 saturated heterocycles. The molecular weight excluding hydrogens is 368 g/mol. The third kappa shape index (κ3) is 3.64. The number of rotatable bonds is 4. The molecule has 1 fully saturated rings. The van der Waals surface area contributed by atoms with E-state index in [1.807, 2.05) is 0 Å². The number of ether oxygens (including phenoxy) is 2. The van der Waals surface area contributed by atoms with E-state index in [4.69, 9.17) is 14.3 Å². The van der Waals surface area contributed by atoms with Crippen molar-refractivity contribution in [2.75, 3.05) is 27.9 Å². The first-order valence-electron chi connectivity index (χ1n) is 6.83. The van der Waals surface area contributed by atoms with Crippen molar-refractivity contribution in [1.29, 1.82) is 0 Å². The Bertz CT molecular complexity index is 647. The fraction of sp³-hybridized carbons (Fsp3) is 0.400. The highest BCUT2D eigenvalue weighted by Gasteiger charge is 2.39. The Labute approximate surface area is 142 Å². The van der Waals surface area contributed by atoms with Gasteiger partial charge in [-0.1, -0.05) is 21.1 Å². The van der Waals surface area contributed by atoms with Crippen LogP contribution in [0.1, 0.15) is 16.8 Å². The Hall–Kier alpha value is -2.09. The number of esters is 1. The summed E-state index contributed by atoms with van der Waals surface area (Å²) in [6.45, 7) is 0.200. The second-order valence-corrected chi connectivity index (χ2v) is 5.78. The molecule has 0 unspecified atom stereocenters. The zero-order valence-electron chi connectivity index (χ0n) is 13.0. The second-order valence-electron chi connectivity index (χ2n) is 4.86. The molecule has 0 N–H and O–H groups in total. The maximum absolute atomic E-state index is 12.8. The number of nitrogens with zero attached hydrogens (tertiary/aromatic N) is 2. The van der Waals surface area contributed by atoms with Crippen molar-refractivity contribution in [3.8, 4) is 5.75 Å². The molecule has 0 spiro atoms. The van der Waals surface area contributed by atoms with Gasteiger partial charge >= 0.3 is 5.97 Å². The number of methoxy groups -OCH3 is 2. The highest BCUT2D eigenvalue weighted by Crippen LogP contribution is 2.27. The highest BCUT2D eigenvalue weighted by molar-refractivity contribution is 9.10. The number of carbonyl (C=O) groups is 2. The van der Waals surface area contributed by atoms with Crippen LogP contribution < -0.4 is 4.74 Å². The number of benzene rings is 1. The number of halogens is 1. The maximum Gasteiger partial charge on any atom is 0.329 e. The number of hydrogen-bond acceptors (Lipinski definition) is 6. The van der Waals surface area contributed by atoms with E-state index in [0.717, 1.165) is 4.47 Å². The van der Waals surface area contributed by atoms with Crippen molar-refractivity contribution in [3.63, 3.8) is 0 Å². The van der Waals surface area contributed by atoms with E-state index in [1.54, 1.807) is 18.2 Å². The summed E-state index contributed by atoms with van der Waals surface area (Å²) in [4.78, 5) is 31.0. The molecule has 0 bridgehead atoms. The van der Waals surface area contributed by atoms with Gasteiger partial charge in [-0.2, -0.15) is 0 Å². The third-order valence-electron chi connectivity index (χ3n) is 3.51. The van der Waals surface area contributed by atoms with E-state index in [9.17, 15) is 9.59 Å². The monoisotopic (exact) mass is 384 g/mol. The molecule has 1 heterocycles. The molecule has 1 atom stereocenters. The van der Waals surface area contributed by atoms with Crippen molar-refractivity contribution < 1.29 is 23.9 Å². The molecule has 1 aliphatic heterocycles. The second kappa shape index (κ2) is 7.45. The van der Waals surface area contributed by atoms with Gasteiger partial charge in [0.2, 0.25) is 0 Å². The Balaban J connectivity index is 2.35. The van der Waals surface area contributed by atoms with Gasteiger partial charge in [0.15, 0.2) is 0 Å². The molecule has 2 rings (SSSR count). The van der Waals surface area contributed by atoms with Gasteiger partial charge in [0.25, 0.3) is 5.91 Å². The van der Waals surface area contributed by atoms with Crippen LogP contribution in [0, 0.1) is 0 Å². The van der Waals surface area contributed by atoms with Gasteiger partial charge in [0.1, 0.15) is 18.9 Å². The van der Waals surface area contributed by atoms with Gasteiger partial charge in [-0.05, 0) is 18.2 Å². The molecule has 0 aromatic heterocycles. The minimum atomic E-state index is -0.727. The van der Waals surface area contributed by atoms with Crippen LogP contribution in [0.3, 0.4) is 0 Å². The van der Waals surface area contributed by atoms with E-state index < -0.39 is 12.0 Å². The minimum absolute atomic E-state index is 0.200. The first-order chi connectivity index (χ1) is 11.0. The van der Waals surface area contributed by atoms with Gasteiger partial charge in [-0.3, -0.25) is 4.79 Å². The summed E-state index contributed by atoms with van der Waals surface area (Å²) in [7, 11) is 4.19. The number of amides is 1. The van der Waals surface area contributed by atoms with Crippen LogP contribution in [0.5, 0.6) is 5.75 Å². The zero-order valence-corrected chi connectivity index (χ0v) is 14.6. The summed E-state index contributed by atoms with van der Waals surface area (Å²) in [5.41, 5.74) is 0.968. The number of likely N-dealkylation sites (tertiary alicyclic amines) is 1. The minimum Gasteiger partial charge on any atom is -0.496 e. The van der Waals surface area contributed by atoms with E-state index in [2.05, 4.69) is 21.1 Å². The Morgan fingerprint density at radius 2 is 2.04 bits per heavy atom. The van der Waals surface area contributed by atoms with Crippen molar-refractivity contribution >= 4 is 33.5 Å². The van der Waals surface area contributed by atoms with Crippen LogP contribution in [-0.2, 0) is 14.4 Å². The predicted octanol–water partition coefficient (Wildman–Crippen LogP) is 1.85. The summed E-state index contributed by atoms with van der Waals surface area (Å²) in [5, 5.41) is 3.85. The van der Waals surface area contributed by atoms with Gasteiger partial charge in [-0.25, -0.2) is 4.79 Å². The Kier molecular flexibility index (Phi) is 5.59. The molecule has 7 nitrogen and oxygen atoms in total. The molecule has 0 radical (unpaired) electrons. The Morgan fingerprint density at radius 1 is 1.30 bits per heavy atom. The maximum atomic E-state index is 12.8. The van der Waals surface area contributed by atoms with E-state index in [-0.39, 0.29) is 18.9 Å². The smallest absolute Gasteiger partial charge is 0.329 e. The lowest BCUT2D eigenvalue weighted by Gasteiger charge is -2.22. The average molecular weight is 385 g/mol. The molecule has 1 aromatic carbocycles.